The van der Waals surface area contributed by atoms with Crippen LogP contribution in [0.1, 0.15) is 32.0 Å². The summed E-state index contributed by atoms with van der Waals surface area (Å²) in [5, 5.41) is 15.2. The van der Waals surface area contributed by atoms with Crippen LogP contribution in [0.2, 0.25) is 0 Å². The predicted molar refractivity (Wildman–Crippen MR) is 89.6 cm³/mol. The minimum absolute atomic E-state index is 0.0151. The first-order valence-electron chi connectivity index (χ1n) is 8.51. The van der Waals surface area contributed by atoms with E-state index in [0.717, 1.165) is 31.6 Å². The Hall–Kier alpha value is -1.74. The van der Waals surface area contributed by atoms with Gasteiger partial charge in [0.1, 0.15) is 5.54 Å². The van der Waals surface area contributed by atoms with Crippen LogP contribution in [0, 0.1) is 0 Å². The largest absolute Gasteiger partial charge is 0.383 e. The Bertz CT molecular complexity index is 534. The summed E-state index contributed by atoms with van der Waals surface area (Å²) < 4.78 is 6.94. The van der Waals surface area contributed by atoms with E-state index >= 15 is 0 Å². The summed E-state index contributed by atoms with van der Waals surface area (Å²) in [5.74, 6) is 0.789. The molecule has 0 radical (unpaired) electrons. The molecule has 24 heavy (non-hydrogen) atoms. The summed E-state index contributed by atoms with van der Waals surface area (Å²) >= 11 is 0. The predicted octanol–water partition coefficient (Wildman–Crippen LogP) is 0.292. The number of likely N-dealkylation sites (tertiary alicyclic amines) is 1. The first-order chi connectivity index (χ1) is 11.5. The Kier molecular flexibility index (Phi) is 6.50. The molecule has 9 nitrogen and oxygen atoms in total. The number of likely N-dealkylation sites (N-methyl/N-ethyl adjacent to an activating group) is 1. The number of piperidine rings is 1. The van der Waals surface area contributed by atoms with Gasteiger partial charge in [-0.15, -0.1) is 5.10 Å². The molecule has 136 valence electrons. The standard InChI is InChI=1S/C15H29N7O2/c1-5-8-16-14(23)21-9-6-7-15(12-21,20(2)3)13-17-18-19-22(13)10-11-24-4/h5-12H2,1-4H3,(H,16,23). The Morgan fingerprint density at radius 3 is 2.92 bits per heavy atom. The van der Waals surface area contributed by atoms with E-state index in [4.69, 9.17) is 4.74 Å². The van der Waals surface area contributed by atoms with Crippen LogP contribution in [0.3, 0.4) is 0 Å². The minimum atomic E-state index is -0.390. The molecule has 9 heteroatoms. The van der Waals surface area contributed by atoms with E-state index < -0.39 is 0 Å². The number of tetrazole rings is 1. The normalized spacial score (nSPS) is 21.3. The molecule has 1 unspecified atom stereocenters. The van der Waals surface area contributed by atoms with E-state index in [1.54, 1.807) is 11.8 Å². The van der Waals surface area contributed by atoms with Crippen LogP contribution in [0.4, 0.5) is 4.79 Å². The van der Waals surface area contributed by atoms with Crippen molar-refractivity contribution in [3.63, 3.8) is 0 Å². The summed E-state index contributed by atoms with van der Waals surface area (Å²) in [6, 6.07) is -0.0151. The van der Waals surface area contributed by atoms with E-state index in [1.165, 1.54) is 0 Å². The number of aromatic nitrogens is 4. The lowest BCUT2D eigenvalue weighted by molar-refractivity contribution is 0.0445. The van der Waals surface area contributed by atoms with Gasteiger partial charge in [0, 0.05) is 26.7 Å². The number of rotatable bonds is 7. The molecule has 0 spiro atoms. The van der Waals surface area contributed by atoms with Crippen LogP contribution in [-0.2, 0) is 16.8 Å². The van der Waals surface area contributed by atoms with Gasteiger partial charge in [-0.05, 0) is 43.8 Å². The molecule has 2 heterocycles. The Labute approximate surface area is 143 Å². The molecule has 2 rings (SSSR count). The molecular formula is C15H29N7O2. The molecule has 1 aromatic rings. The molecule has 1 aromatic heterocycles. The zero-order chi connectivity index (χ0) is 17.6. The molecule has 1 atom stereocenters. The third-order valence-electron chi connectivity index (χ3n) is 4.60. The second kappa shape index (κ2) is 8.39. The number of hydrogen-bond donors (Lipinski definition) is 1. The zero-order valence-electron chi connectivity index (χ0n) is 15.2. The van der Waals surface area contributed by atoms with Gasteiger partial charge >= 0.3 is 6.03 Å². The van der Waals surface area contributed by atoms with Crippen molar-refractivity contribution in [3.8, 4) is 0 Å². The van der Waals surface area contributed by atoms with E-state index in [-0.39, 0.29) is 11.6 Å². The molecule has 1 fully saturated rings. The molecule has 0 aromatic carbocycles. The van der Waals surface area contributed by atoms with Gasteiger partial charge in [0.05, 0.1) is 13.2 Å². The molecule has 0 aliphatic carbocycles. The monoisotopic (exact) mass is 339 g/mol. The van der Waals surface area contributed by atoms with Crippen LogP contribution in [0.15, 0.2) is 0 Å². The number of methoxy groups -OCH3 is 1. The fourth-order valence-electron chi connectivity index (χ4n) is 3.17. The Morgan fingerprint density at radius 2 is 2.25 bits per heavy atom. The highest BCUT2D eigenvalue weighted by molar-refractivity contribution is 5.74. The van der Waals surface area contributed by atoms with Gasteiger partial charge in [-0.3, -0.25) is 4.90 Å². The van der Waals surface area contributed by atoms with Crippen molar-refractivity contribution in [2.24, 2.45) is 0 Å². The van der Waals surface area contributed by atoms with Crippen LogP contribution in [-0.4, -0.2) is 83.5 Å². The smallest absolute Gasteiger partial charge is 0.317 e. The van der Waals surface area contributed by atoms with Crippen LogP contribution in [0.25, 0.3) is 0 Å². The van der Waals surface area contributed by atoms with Crippen molar-refractivity contribution in [3.05, 3.63) is 5.82 Å². The van der Waals surface area contributed by atoms with Crippen molar-refractivity contribution < 1.29 is 9.53 Å². The van der Waals surface area contributed by atoms with Crippen molar-refractivity contribution in [1.82, 2.24) is 35.3 Å². The van der Waals surface area contributed by atoms with E-state index in [2.05, 4.69) is 25.7 Å². The highest BCUT2D eigenvalue weighted by Gasteiger charge is 2.44. The number of carbonyl (C=O) groups excluding carboxylic acids is 1. The van der Waals surface area contributed by atoms with Crippen LogP contribution >= 0.6 is 0 Å². The lowest BCUT2D eigenvalue weighted by Crippen LogP contribution is -2.58. The van der Waals surface area contributed by atoms with Gasteiger partial charge in [-0.2, -0.15) is 0 Å². The average molecular weight is 339 g/mol. The third-order valence-corrected chi connectivity index (χ3v) is 4.60. The van der Waals surface area contributed by atoms with Crippen molar-refractivity contribution in [2.45, 2.75) is 38.3 Å². The van der Waals surface area contributed by atoms with Gasteiger partial charge in [-0.25, -0.2) is 9.48 Å². The number of hydrogen-bond acceptors (Lipinski definition) is 6. The van der Waals surface area contributed by atoms with Gasteiger partial charge in [0.2, 0.25) is 0 Å². The number of urea groups is 1. The molecule has 1 saturated heterocycles. The zero-order valence-corrected chi connectivity index (χ0v) is 15.2. The van der Waals surface area contributed by atoms with Gasteiger partial charge in [0.15, 0.2) is 5.82 Å². The molecule has 0 saturated carbocycles. The summed E-state index contributed by atoms with van der Waals surface area (Å²) in [7, 11) is 5.69. The van der Waals surface area contributed by atoms with Crippen molar-refractivity contribution in [2.75, 3.05) is 47.4 Å². The topological polar surface area (TPSA) is 88.4 Å². The lowest BCUT2D eigenvalue weighted by atomic mass is 9.86. The number of carbonyl (C=O) groups is 1. The Morgan fingerprint density at radius 1 is 1.46 bits per heavy atom. The second-order valence-corrected chi connectivity index (χ2v) is 6.40. The maximum absolute atomic E-state index is 12.4. The first-order valence-corrected chi connectivity index (χ1v) is 8.51. The molecule has 1 aliphatic rings. The first kappa shape index (κ1) is 18.6. The minimum Gasteiger partial charge on any atom is -0.383 e. The molecule has 0 bridgehead atoms. The third kappa shape index (κ3) is 3.84. The maximum Gasteiger partial charge on any atom is 0.317 e. The van der Waals surface area contributed by atoms with E-state index in [9.17, 15) is 4.79 Å². The van der Waals surface area contributed by atoms with Gasteiger partial charge < -0.3 is 15.0 Å². The van der Waals surface area contributed by atoms with Crippen molar-refractivity contribution in [1.29, 1.82) is 0 Å². The number of nitrogens with one attached hydrogen (secondary N) is 1. The van der Waals surface area contributed by atoms with E-state index in [0.29, 0.717) is 26.2 Å². The summed E-state index contributed by atoms with van der Waals surface area (Å²) in [6.45, 7) is 5.20. The maximum atomic E-state index is 12.4. The highest BCUT2D eigenvalue weighted by Crippen LogP contribution is 2.34. The number of nitrogens with zero attached hydrogens (tertiary/aromatic N) is 6. The van der Waals surface area contributed by atoms with Gasteiger partial charge in [0.25, 0.3) is 0 Å². The summed E-state index contributed by atoms with van der Waals surface area (Å²) in [5.41, 5.74) is -0.390. The molecule has 2 amide bonds. The molecule has 1 aliphatic heterocycles. The summed E-state index contributed by atoms with van der Waals surface area (Å²) in [4.78, 5) is 16.4. The highest BCUT2D eigenvalue weighted by atomic mass is 16.5. The second-order valence-electron chi connectivity index (χ2n) is 6.40. The average Bonchev–Trinajstić information content (AvgIpc) is 3.06. The lowest BCUT2D eigenvalue weighted by Gasteiger charge is -2.45. The quantitative estimate of drug-likeness (QED) is 0.768. The van der Waals surface area contributed by atoms with Gasteiger partial charge in [-0.1, -0.05) is 6.92 Å². The Balaban J connectivity index is 2.24. The van der Waals surface area contributed by atoms with Crippen molar-refractivity contribution >= 4 is 6.03 Å². The fraction of sp³-hybridized carbons (Fsp3) is 0.867. The fourth-order valence-corrected chi connectivity index (χ4v) is 3.17. The van der Waals surface area contributed by atoms with Crippen LogP contribution in [0.5, 0.6) is 0 Å². The SMILES string of the molecule is CCCNC(=O)N1CCCC(c2nnnn2CCOC)(N(C)C)C1. The number of amides is 2. The van der Waals surface area contributed by atoms with E-state index in [1.807, 2.05) is 25.9 Å². The molecule has 1 N–H and O–H groups in total. The number of ether oxygens (including phenoxy) is 1. The summed E-state index contributed by atoms with van der Waals surface area (Å²) in [6.07, 6.45) is 2.74. The molecular weight excluding hydrogens is 310 g/mol. The van der Waals surface area contributed by atoms with Crippen LogP contribution < -0.4 is 5.32 Å².